The molecule has 0 unspecified atom stereocenters. The minimum Gasteiger partial charge on any atom is -0.354 e. The summed E-state index contributed by atoms with van der Waals surface area (Å²) < 4.78 is 0. The minimum absolute atomic E-state index is 1.06. The molecule has 1 saturated heterocycles. The molecule has 1 aromatic rings. The Hall–Kier alpha value is -0.740. The zero-order valence-electron chi connectivity index (χ0n) is 8.36. The summed E-state index contributed by atoms with van der Waals surface area (Å²) in [5, 5.41) is 3.33. The third-order valence-corrected chi connectivity index (χ3v) is 3.11. The molecule has 0 bridgehead atoms. The molecule has 2 rings (SSSR count). The lowest BCUT2D eigenvalue weighted by Gasteiger charge is -2.28. The van der Waals surface area contributed by atoms with Crippen molar-refractivity contribution in [3.63, 3.8) is 0 Å². The van der Waals surface area contributed by atoms with Crippen molar-refractivity contribution < 1.29 is 0 Å². The van der Waals surface area contributed by atoms with Crippen molar-refractivity contribution in [1.82, 2.24) is 10.3 Å². The summed E-state index contributed by atoms with van der Waals surface area (Å²) in [6.45, 7) is 4.25. The second kappa shape index (κ2) is 4.66. The minimum atomic E-state index is 1.06. The van der Waals surface area contributed by atoms with Crippen LogP contribution in [0.3, 0.4) is 0 Å². The van der Waals surface area contributed by atoms with Gasteiger partial charge in [0.05, 0.1) is 0 Å². The lowest BCUT2D eigenvalue weighted by atomic mass is 10.3. The second-order valence-electron chi connectivity index (χ2n) is 3.29. The molecule has 1 fully saturated rings. The van der Waals surface area contributed by atoms with E-state index in [0.29, 0.717) is 0 Å². The van der Waals surface area contributed by atoms with Gasteiger partial charge in [0.25, 0.3) is 0 Å². The van der Waals surface area contributed by atoms with Gasteiger partial charge in [-0.3, -0.25) is 0 Å². The summed E-state index contributed by atoms with van der Waals surface area (Å²) in [4.78, 5) is 8.00. The molecule has 1 aliphatic rings. The zero-order chi connectivity index (χ0) is 9.80. The number of hydrogen-bond acceptors (Lipinski definition) is 4. The summed E-state index contributed by atoms with van der Waals surface area (Å²) in [5.74, 6) is 1.10. The van der Waals surface area contributed by atoms with E-state index in [1.165, 1.54) is 4.90 Å². The normalized spacial score (nSPS) is 17.1. The molecular weight excluding hydrogens is 194 g/mol. The van der Waals surface area contributed by atoms with Crippen LogP contribution in [0.4, 0.5) is 5.82 Å². The molecule has 4 heteroatoms. The van der Waals surface area contributed by atoms with Crippen LogP contribution in [0.2, 0.25) is 0 Å². The van der Waals surface area contributed by atoms with Crippen LogP contribution in [0.25, 0.3) is 0 Å². The molecule has 1 aliphatic heterocycles. The highest BCUT2D eigenvalue weighted by atomic mass is 32.2. The quantitative estimate of drug-likeness (QED) is 0.741. The molecular formula is C10H15N3S. The highest BCUT2D eigenvalue weighted by Crippen LogP contribution is 2.17. The number of anilines is 1. The Morgan fingerprint density at radius 3 is 2.71 bits per heavy atom. The third-order valence-electron chi connectivity index (χ3n) is 2.40. The first-order chi connectivity index (χ1) is 6.90. The molecule has 2 heterocycles. The number of nitrogens with one attached hydrogen (secondary N) is 1. The summed E-state index contributed by atoms with van der Waals surface area (Å²) >= 11 is 1.73. The zero-order valence-corrected chi connectivity index (χ0v) is 9.18. The van der Waals surface area contributed by atoms with Crippen LogP contribution in [0.1, 0.15) is 0 Å². The van der Waals surface area contributed by atoms with E-state index in [4.69, 9.17) is 0 Å². The molecule has 0 aliphatic carbocycles. The van der Waals surface area contributed by atoms with Gasteiger partial charge in [0, 0.05) is 37.3 Å². The molecule has 76 valence electrons. The Kier molecular flexibility index (Phi) is 3.26. The van der Waals surface area contributed by atoms with Gasteiger partial charge in [0.15, 0.2) is 0 Å². The average Bonchev–Trinajstić information content (AvgIpc) is 2.30. The van der Waals surface area contributed by atoms with Crippen LogP contribution in [0.15, 0.2) is 23.2 Å². The molecule has 0 spiro atoms. The molecule has 0 radical (unpaired) electrons. The Bertz CT molecular complexity index is 280. The van der Waals surface area contributed by atoms with Crippen molar-refractivity contribution in [2.45, 2.75) is 4.90 Å². The number of hydrogen-bond donors (Lipinski definition) is 1. The van der Waals surface area contributed by atoms with Crippen molar-refractivity contribution in [2.75, 3.05) is 37.3 Å². The fourth-order valence-electron chi connectivity index (χ4n) is 1.57. The average molecular weight is 209 g/mol. The molecule has 3 nitrogen and oxygen atoms in total. The second-order valence-corrected chi connectivity index (χ2v) is 4.17. The summed E-state index contributed by atoms with van der Waals surface area (Å²) in [6.07, 6.45) is 4.02. The molecule has 0 saturated carbocycles. The molecule has 1 aromatic heterocycles. The fraction of sp³-hybridized carbons (Fsp3) is 0.500. The van der Waals surface area contributed by atoms with Crippen LogP contribution >= 0.6 is 11.8 Å². The van der Waals surface area contributed by atoms with Gasteiger partial charge < -0.3 is 10.2 Å². The summed E-state index contributed by atoms with van der Waals surface area (Å²) in [7, 11) is 0. The van der Waals surface area contributed by atoms with Crippen molar-refractivity contribution in [3.8, 4) is 0 Å². The predicted octanol–water partition coefficient (Wildman–Crippen LogP) is 1.21. The number of piperazine rings is 1. The smallest absolute Gasteiger partial charge is 0.128 e. The van der Waals surface area contributed by atoms with E-state index in [2.05, 4.69) is 33.6 Å². The maximum Gasteiger partial charge on any atom is 0.128 e. The highest BCUT2D eigenvalue weighted by molar-refractivity contribution is 7.98. The van der Waals surface area contributed by atoms with E-state index in [1.807, 2.05) is 6.20 Å². The number of aromatic nitrogens is 1. The van der Waals surface area contributed by atoms with E-state index in [0.717, 1.165) is 32.0 Å². The molecule has 0 atom stereocenters. The lowest BCUT2D eigenvalue weighted by molar-refractivity contribution is 0.585. The molecule has 0 aromatic carbocycles. The lowest BCUT2D eigenvalue weighted by Crippen LogP contribution is -2.43. The van der Waals surface area contributed by atoms with E-state index in [9.17, 15) is 0 Å². The van der Waals surface area contributed by atoms with E-state index in [-0.39, 0.29) is 0 Å². The topological polar surface area (TPSA) is 28.2 Å². The van der Waals surface area contributed by atoms with Gasteiger partial charge >= 0.3 is 0 Å². The van der Waals surface area contributed by atoms with Gasteiger partial charge in [0.2, 0.25) is 0 Å². The molecule has 1 N–H and O–H groups in total. The van der Waals surface area contributed by atoms with Crippen LogP contribution in [-0.2, 0) is 0 Å². The number of rotatable bonds is 2. The van der Waals surface area contributed by atoms with Crippen molar-refractivity contribution in [2.24, 2.45) is 0 Å². The van der Waals surface area contributed by atoms with Gasteiger partial charge in [-0.2, -0.15) is 0 Å². The SMILES string of the molecule is CSc1ccc(N2CCNCC2)nc1. The number of pyridine rings is 1. The van der Waals surface area contributed by atoms with Crippen LogP contribution in [0, 0.1) is 0 Å². The number of nitrogens with zero attached hydrogens (tertiary/aromatic N) is 2. The Labute approximate surface area is 88.9 Å². The van der Waals surface area contributed by atoms with E-state index in [1.54, 1.807) is 11.8 Å². The number of thioether (sulfide) groups is 1. The maximum atomic E-state index is 4.45. The molecule has 0 amide bonds. The van der Waals surface area contributed by atoms with E-state index < -0.39 is 0 Å². The van der Waals surface area contributed by atoms with Crippen molar-refractivity contribution in [3.05, 3.63) is 18.3 Å². The van der Waals surface area contributed by atoms with Gasteiger partial charge in [-0.25, -0.2) is 4.98 Å². The first-order valence-electron chi connectivity index (χ1n) is 4.86. The van der Waals surface area contributed by atoms with Gasteiger partial charge in [-0.1, -0.05) is 0 Å². The van der Waals surface area contributed by atoms with Crippen molar-refractivity contribution in [1.29, 1.82) is 0 Å². The van der Waals surface area contributed by atoms with Crippen LogP contribution < -0.4 is 10.2 Å². The third kappa shape index (κ3) is 2.19. The highest BCUT2D eigenvalue weighted by Gasteiger charge is 2.10. The fourth-order valence-corrected chi connectivity index (χ4v) is 1.94. The Morgan fingerprint density at radius 2 is 2.14 bits per heavy atom. The Morgan fingerprint density at radius 1 is 1.36 bits per heavy atom. The van der Waals surface area contributed by atoms with Gasteiger partial charge in [-0.15, -0.1) is 11.8 Å². The maximum absolute atomic E-state index is 4.45. The van der Waals surface area contributed by atoms with Crippen LogP contribution in [0.5, 0.6) is 0 Å². The summed E-state index contributed by atoms with van der Waals surface area (Å²) in [6, 6.07) is 4.24. The Balaban J connectivity index is 2.07. The van der Waals surface area contributed by atoms with Crippen molar-refractivity contribution >= 4 is 17.6 Å². The first-order valence-corrected chi connectivity index (χ1v) is 6.08. The van der Waals surface area contributed by atoms with Gasteiger partial charge in [-0.05, 0) is 18.4 Å². The van der Waals surface area contributed by atoms with Gasteiger partial charge in [0.1, 0.15) is 5.82 Å². The predicted molar refractivity (Wildman–Crippen MR) is 61.1 cm³/mol. The van der Waals surface area contributed by atoms with E-state index >= 15 is 0 Å². The standard InChI is InChI=1S/C10H15N3S/c1-14-9-2-3-10(12-8-9)13-6-4-11-5-7-13/h2-3,8,11H,4-7H2,1H3. The molecule has 14 heavy (non-hydrogen) atoms. The monoisotopic (exact) mass is 209 g/mol. The van der Waals surface area contributed by atoms with Crippen LogP contribution in [-0.4, -0.2) is 37.4 Å². The summed E-state index contributed by atoms with van der Waals surface area (Å²) in [5.41, 5.74) is 0. The largest absolute Gasteiger partial charge is 0.354 e. The first kappa shape index (κ1) is 9.80.